The zero-order valence-electron chi connectivity index (χ0n) is 15.5. The van der Waals surface area contributed by atoms with Gasteiger partial charge >= 0.3 is 0 Å². The number of nitrogens with zero attached hydrogens (tertiary/aromatic N) is 2. The molecule has 0 amide bonds. The molecule has 2 aromatic carbocycles. The Morgan fingerprint density at radius 3 is 2.38 bits per heavy atom. The monoisotopic (exact) mass is 323 g/mol. The van der Waals surface area contributed by atoms with E-state index in [1.165, 1.54) is 11.1 Å². The highest BCUT2D eigenvalue weighted by atomic mass is 15.3. The van der Waals surface area contributed by atoms with E-state index in [4.69, 9.17) is 5.41 Å². The van der Waals surface area contributed by atoms with Crippen molar-refractivity contribution in [2.75, 3.05) is 23.4 Å². The Kier molecular flexibility index (Phi) is 6.02. The summed E-state index contributed by atoms with van der Waals surface area (Å²) in [6, 6.07) is 16.8. The number of guanidine groups is 1. The summed E-state index contributed by atoms with van der Waals surface area (Å²) in [6.45, 7) is 9.40. The number of anilines is 2. The fourth-order valence-corrected chi connectivity index (χ4v) is 2.98. The Hall–Kier alpha value is -2.29. The summed E-state index contributed by atoms with van der Waals surface area (Å²) in [4.78, 5) is 4.04. The number of nitrogens with one attached hydrogen (secondary N) is 1. The van der Waals surface area contributed by atoms with Crippen LogP contribution in [0.5, 0.6) is 0 Å². The van der Waals surface area contributed by atoms with E-state index in [2.05, 4.69) is 75.1 Å². The average molecular weight is 323 g/mol. The highest BCUT2D eigenvalue weighted by molar-refractivity contribution is 6.05. The molecule has 24 heavy (non-hydrogen) atoms. The van der Waals surface area contributed by atoms with E-state index in [-0.39, 0.29) is 0 Å². The van der Waals surface area contributed by atoms with Gasteiger partial charge in [0.1, 0.15) is 0 Å². The Bertz CT molecular complexity index is 691. The maximum absolute atomic E-state index is 8.74. The standard InChI is InChI=1S/C21H29N3/c1-6-17-11-10-12-18(15-17)24(7-2)21(22)23(5)20-14-9-8-13-19(20)16(3)4/h8-16,22H,6-7H2,1-5H3. The van der Waals surface area contributed by atoms with Crippen molar-refractivity contribution in [3.05, 3.63) is 59.7 Å². The van der Waals surface area contributed by atoms with Crippen molar-refractivity contribution in [1.82, 2.24) is 0 Å². The maximum atomic E-state index is 8.74. The van der Waals surface area contributed by atoms with Crippen LogP contribution in [0.1, 0.15) is 44.7 Å². The molecule has 0 atom stereocenters. The molecule has 2 rings (SSSR count). The largest absolute Gasteiger partial charge is 0.315 e. The molecule has 0 aliphatic carbocycles. The van der Waals surface area contributed by atoms with Gasteiger partial charge in [0.2, 0.25) is 5.96 Å². The summed E-state index contributed by atoms with van der Waals surface area (Å²) >= 11 is 0. The van der Waals surface area contributed by atoms with Crippen molar-refractivity contribution in [1.29, 1.82) is 5.41 Å². The molecule has 0 saturated heterocycles. The minimum absolute atomic E-state index is 0.426. The van der Waals surface area contributed by atoms with Gasteiger partial charge in [0.15, 0.2) is 0 Å². The minimum Gasteiger partial charge on any atom is -0.315 e. The molecule has 3 heteroatoms. The SMILES string of the molecule is CCc1cccc(N(CC)C(=N)N(C)c2ccccc2C(C)C)c1. The fraction of sp³-hybridized carbons (Fsp3) is 0.381. The Morgan fingerprint density at radius 2 is 1.75 bits per heavy atom. The second-order valence-corrected chi connectivity index (χ2v) is 6.36. The van der Waals surface area contributed by atoms with Crippen molar-refractivity contribution < 1.29 is 0 Å². The van der Waals surface area contributed by atoms with Crippen LogP contribution in [-0.4, -0.2) is 19.6 Å². The molecule has 128 valence electrons. The molecule has 0 radical (unpaired) electrons. The third-order valence-electron chi connectivity index (χ3n) is 4.44. The van der Waals surface area contributed by atoms with Crippen LogP contribution in [0.25, 0.3) is 0 Å². The number of para-hydroxylation sites is 1. The van der Waals surface area contributed by atoms with Gasteiger partial charge in [-0.1, -0.05) is 51.1 Å². The van der Waals surface area contributed by atoms with Crippen LogP contribution in [0, 0.1) is 5.41 Å². The first kappa shape index (κ1) is 18.1. The smallest absolute Gasteiger partial charge is 0.202 e. The van der Waals surface area contributed by atoms with E-state index in [1.54, 1.807) is 0 Å². The predicted octanol–water partition coefficient (Wildman–Crippen LogP) is 5.27. The molecule has 0 aliphatic rings. The molecule has 0 aromatic heterocycles. The summed E-state index contributed by atoms with van der Waals surface area (Å²) in [5, 5.41) is 8.74. The summed E-state index contributed by atoms with van der Waals surface area (Å²) in [5.74, 6) is 0.925. The molecular formula is C21H29N3. The van der Waals surface area contributed by atoms with Crippen LogP contribution in [0.2, 0.25) is 0 Å². The number of hydrogen-bond acceptors (Lipinski definition) is 1. The van der Waals surface area contributed by atoms with E-state index < -0.39 is 0 Å². The van der Waals surface area contributed by atoms with Gasteiger partial charge in [-0.2, -0.15) is 0 Å². The molecule has 0 saturated carbocycles. The molecule has 1 N–H and O–H groups in total. The van der Waals surface area contributed by atoms with Crippen molar-refractivity contribution in [2.24, 2.45) is 0 Å². The number of hydrogen-bond donors (Lipinski definition) is 1. The summed E-state index contributed by atoms with van der Waals surface area (Å²) < 4.78 is 0. The Morgan fingerprint density at radius 1 is 1.04 bits per heavy atom. The molecule has 2 aromatic rings. The van der Waals surface area contributed by atoms with Gasteiger partial charge in [-0.25, -0.2) is 0 Å². The summed E-state index contributed by atoms with van der Waals surface area (Å²) in [5.41, 5.74) is 4.74. The van der Waals surface area contributed by atoms with Crippen molar-refractivity contribution in [3.63, 3.8) is 0 Å². The van der Waals surface area contributed by atoms with Crippen LogP contribution in [0.4, 0.5) is 11.4 Å². The molecule has 3 nitrogen and oxygen atoms in total. The first-order chi connectivity index (χ1) is 11.5. The van der Waals surface area contributed by atoms with Gasteiger partial charge < -0.3 is 9.80 Å². The summed E-state index contributed by atoms with van der Waals surface area (Å²) in [6.07, 6.45) is 1.00. The topological polar surface area (TPSA) is 30.3 Å². The van der Waals surface area contributed by atoms with E-state index in [0.29, 0.717) is 11.9 Å². The lowest BCUT2D eigenvalue weighted by Gasteiger charge is -2.32. The Balaban J connectivity index is 2.34. The molecule has 0 heterocycles. The van der Waals surface area contributed by atoms with E-state index >= 15 is 0 Å². The van der Waals surface area contributed by atoms with Gasteiger partial charge in [-0.15, -0.1) is 0 Å². The van der Waals surface area contributed by atoms with Gasteiger partial charge in [-0.3, -0.25) is 5.41 Å². The van der Waals surface area contributed by atoms with Gasteiger partial charge in [-0.05, 0) is 48.6 Å². The molecule has 0 bridgehead atoms. The molecule has 0 spiro atoms. The molecule has 0 aliphatic heterocycles. The normalized spacial score (nSPS) is 10.8. The van der Waals surface area contributed by atoms with Crippen LogP contribution in [0.3, 0.4) is 0 Å². The molecule has 0 unspecified atom stereocenters. The second-order valence-electron chi connectivity index (χ2n) is 6.36. The maximum Gasteiger partial charge on any atom is 0.202 e. The fourth-order valence-electron chi connectivity index (χ4n) is 2.98. The highest BCUT2D eigenvalue weighted by Gasteiger charge is 2.19. The minimum atomic E-state index is 0.426. The van der Waals surface area contributed by atoms with Crippen LogP contribution >= 0.6 is 0 Å². The summed E-state index contributed by atoms with van der Waals surface area (Å²) in [7, 11) is 1.98. The first-order valence-electron chi connectivity index (χ1n) is 8.77. The predicted molar refractivity (Wildman–Crippen MR) is 106 cm³/mol. The number of rotatable bonds is 5. The third-order valence-corrected chi connectivity index (χ3v) is 4.44. The van der Waals surface area contributed by atoms with Crippen LogP contribution in [0.15, 0.2) is 48.5 Å². The number of benzene rings is 2. The van der Waals surface area contributed by atoms with E-state index in [9.17, 15) is 0 Å². The average Bonchev–Trinajstić information content (AvgIpc) is 2.61. The van der Waals surface area contributed by atoms with Crippen molar-refractivity contribution in [3.8, 4) is 0 Å². The third kappa shape index (κ3) is 3.78. The van der Waals surface area contributed by atoms with E-state index in [1.807, 2.05) is 18.0 Å². The van der Waals surface area contributed by atoms with E-state index in [0.717, 1.165) is 24.3 Å². The highest BCUT2D eigenvalue weighted by Crippen LogP contribution is 2.28. The lowest BCUT2D eigenvalue weighted by atomic mass is 10.0. The zero-order chi connectivity index (χ0) is 17.7. The Labute approximate surface area is 146 Å². The quantitative estimate of drug-likeness (QED) is 0.600. The van der Waals surface area contributed by atoms with Crippen LogP contribution < -0.4 is 9.80 Å². The van der Waals surface area contributed by atoms with Crippen LogP contribution in [-0.2, 0) is 6.42 Å². The van der Waals surface area contributed by atoms with Gasteiger partial charge in [0, 0.05) is 25.0 Å². The lowest BCUT2D eigenvalue weighted by Crippen LogP contribution is -2.42. The molecular weight excluding hydrogens is 294 g/mol. The second kappa shape index (κ2) is 8.00. The van der Waals surface area contributed by atoms with Gasteiger partial charge in [0.25, 0.3) is 0 Å². The zero-order valence-corrected chi connectivity index (χ0v) is 15.5. The molecule has 0 fully saturated rings. The first-order valence-corrected chi connectivity index (χ1v) is 8.77. The lowest BCUT2D eigenvalue weighted by molar-refractivity contribution is 0.861. The number of aryl methyl sites for hydroxylation is 1. The van der Waals surface area contributed by atoms with Crippen molar-refractivity contribution in [2.45, 2.75) is 40.0 Å². The van der Waals surface area contributed by atoms with Gasteiger partial charge in [0.05, 0.1) is 0 Å². The van der Waals surface area contributed by atoms with Crippen molar-refractivity contribution >= 4 is 17.3 Å².